The summed E-state index contributed by atoms with van der Waals surface area (Å²) in [6.07, 6.45) is 3.98. The van der Waals surface area contributed by atoms with E-state index in [0.29, 0.717) is 48.2 Å². The molecule has 1 aliphatic rings. The number of benzene rings is 4. The van der Waals surface area contributed by atoms with E-state index in [0.717, 1.165) is 35.3 Å². The molecule has 0 saturated carbocycles. The SMILES string of the molecule is COC(=O)c1c(NC(=O)C(Sc2cccc(NC(=O)/C(=C\c3c(Cl)cccc3Cl)NC(=O)c3ccccc3)c2)c2ccccc2)sc2c1CCC(C)C2. The molecule has 3 N–H and O–H groups in total. The van der Waals surface area contributed by atoms with Crippen molar-refractivity contribution < 1.29 is 23.9 Å². The number of halogens is 2. The molecule has 1 aliphatic carbocycles. The smallest absolute Gasteiger partial charge is 0.341 e. The van der Waals surface area contributed by atoms with Crippen LogP contribution in [0.4, 0.5) is 10.7 Å². The molecule has 0 fully saturated rings. The summed E-state index contributed by atoms with van der Waals surface area (Å²) >= 11 is 15.6. The van der Waals surface area contributed by atoms with Gasteiger partial charge in [-0.05, 0) is 84.8 Å². The number of hydrogen-bond donors (Lipinski definition) is 3. The van der Waals surface area contributed by atoms with Crippen LogP contribution < -0.4 is 16.0 Å². The van der Waals surface area contributed by atoms with Gasteiger partial charge in [0.2, 0.25) is 5.91 Å². The van der Waals surface area contributed by atoms with E-state index in [9.17, 15) is 19.2 Å². The van der Waals surface area contributed by atoms with E-state index in [-0.39, 0.29) is 11.6 Å². The van der Waals surface area contributed by atoms with Crippen LogP contribution in [0.3, 0.4) is 0 Å². The van der Waals surface area contributed by atoms with Crippen molar-refractivity contribution in [3.63, 3.8) is 0 Å². The minimum Gasteiger partial charge on any atom is -0.465 e. The molecular weight excluding hydrogens is 750 g/mol. The third-order valence-corrected chi connectivity index (χ3v) is 11.7. The average Bonchev–Trinajstić information content (AvgIpc) is 3.51. The van der Waals surface area contributed by atoms with E-state index in [1.807, 2.05) is 36.4 Å². The third kappa shape index (κ3) is 9.20. The third-order valence-electron chi connectivity index (χ3n) is 8.64. The van der Waals surface area contributed by atoms with Crippen LogP contribution in [0.5, 0.6) is 0 Å². The van der Waals surface area contributed by atoms with Crippen LogP contribution in [0.1, 0.15) is 60.9 Å². The van der Waals surface area contributed by atoms with E-state index in [1.54, 1.807) is 66.7 Å². The van der Waals surface area contributed by atoms with Gasteiger partial charge in [0.25, 0.3) is 11.8 Å². The van der Waals surface area contributed by atoms with Crippen LogP contribution in [0, 0.1) is 5.92 Å². The predicted octanol–water partition coefficient (Wildman–Crippen LogP) is 9.85. The summed E-state index contributed by atoms with van der Waals surface area (Å²) in [6.45, 7) is 2.18. The lowest BCUT2D eigenvalue weighted by atomic mass is 9.88. The molecule has 12 heteroatoms. The number of nitrogens with one attached hydrogen (secondary N) is 3. The highest BCUT2D eigenvalue weighted by Gasteiger charge is 2.31. The Kier molecular flexibility index (Phi) is 12.4. The fraction of sp³-hybridized carbons (Fsp3) is 0.171. The van der Waals surface area contributed by atoms with Crippen LogP contribution >= 0.6 is 46.3 Å². The number of thioether (sulfide) groups is 1. The first kappa shape index (κ1) is 37.9. The first-order valence-electron chi connectivity index (χ1n) is 16.8. The lowest BCUT2D eigenvalue weighted by Gasteiger charge is -2.18. The molecule has 0 bridgehead atoms. The van der Waals surface area contributed by atoms with Gasteiger partial charge >= 0.3 is 5.97 Å². The molecule has 2 atom stereocenters. The van der Waals surface area contributed by atoms with E-state index < -0.39 is 23.0 Å². The number of thiophene rings is 1. The molecule has 1 heterocycles. The van der Waals surface area contributed by atoms with Crippen molar-refractivity contribution in [2.45, 2.75) is 36.3 Å². The topological polar surface area (TPSA) is 114 Å². The highest BCUT2D eigenvalue weighted by atomic mass is 35.5. The number of amides is 3. The van der Waals surface area contributed by atoms with Crippen molar-refractivity contribution in [2.75, 3.05) is 17.7 Å². The Morgan fingerprint density at radius 1 is 0.887 bits per heavy atom. The van der Waals surface area contributed by atoms with Crippen molar-refractivity contribution in [2.24, 2.45) is 5.92 Å². The van der Waals surface area contributed by atoms with Crippen LogP contribution in [0.25, 0.3) is 6.08 Å². The van der Waals surface area contributed by atoms with Gasteiger partial charge in [-0.2, -0.15) is 0 Å². The average molecular weight is 785 g/mol. The number of methoxy groups -OCH3 is 1. The van der Waals surface area contributed by atoms with Gasteiger partial charge in [-0.1, -0.05) is 90.8 Å². The molecule has 0 saturated heterocycles. The van der Waals surface area contributed by atoms with Crippen LogP contribution in [-0.4, -0.2) is 30.8 Å². The van der Waals surface area contributed by atoms with Crippen molar-refractivity contribution in [3.8, 4) is 0 Å². The normalized spacial score (nSPS) is 14.4. The summed E-state index contributed by atoms with van der Waals surface area (Å²) in [4.78, 5) is 55.8. The molecule has 4 aromatic carbocycles. The maximum atomic E-state index is 14.1. The molecule has 6 rings (SSSR count). The van der Waals surface area contributed by atoms with Crippen LogP contribution in [-0.2, 0) is 27.2 Å². The van der Waals surface area contributed by atoms with E-state index in [1.165, 1.54) is 36.3 Å². The second-order valence-electron chi connectivity index (χ2n) is 12.4. The molecule has 270 valence electrons. The van der Waals surface area contributed by atoms with Gasteiger partial charge in [-0.25, -0.2) is 4.79 Å². The van der Waals surface area contributed by atoms with E-state index in [4.69, 9.17) is 27.9 Å². The Labute approximate surface area is 325 Å². The molecule has 3 amide bonds. The number of ether oxygens (including phenoxy) is 1. The van der Waals surface area contributed by atoms with Gasteiger partial charge in [-0.3, -0.25) is 14.4 Å². The fourth-order valence-corrected chi connectivity index (χ4v) is 8.94. The minimum atomic E-state index is -0.714. The summed E-state index contributed by atoms with van der Waals surface area (Å²) in [6, 6.07) is 29.9. The largest absolute Gasteiger partial charge is 0.465 e. The fourth-order valence-electron chi connectivity index (χ4n) is 5.95. The number of fused-ring (bicyclic) bond motifs is 1. The molecule has 0 spiro atoms. The maximum Gasteiger partial charge on any atom is 0.341 e. The standard InChI is InChI=1S/C41H35Cl2N3O5S2/c1-24-19-20-29-34(21-24)53-40(35(29)41(50)51-2)46-39(49)36(25-11-5-3-6-12-25)52-28-16-9-15-27(22-28)44-38(48)33(23-30-31(42)17-10-18-32(30)43)45-37(47)26-13-7-4-8-14-26/h3-18,22-24,36H,19-21H2,1-2H3,(H,44,48)(H,45,47)(H,46,49)/b33-23+. The first-order valence-corrected chi connectivity index (χ1v) is 19.2. The Hall–Kier alpha value is -4.87. The zero-order valence-corrected chi connectivity index (χ0v) is 31.9. The lowest BCUT2D eigenvalue weighted by Crippen LogP contribution is -2.30. The van der Waals surface area contributed by atoms with Crippen LogP contribution in [0.15, 0.2) is 114 Å². The number of rotatable bonds is 11. The number of carbonyl (C=O) groups excluding carboxylic acids is 4. The zero-order valence-electron chi connectivity index (χ0n) is 28.8. The molecule has 0 radical (unpaired) electrons. The number of carbonyl (C=O) groups is 4. The Morgan fingerprint density at radius 2 is 1.57 bits per heavy atom. The predicted molar refractivity (Wildman–Crippen MR) is 214 cm³/mol. The van der Waals surface area contributed by atoms with Gasteiger partial charge in [0.15, 0.2) is 0 Å². The molecule has 8 nitrogen and oxygen atoms in total. The van der Waals surface area contributed by atoms with E-state index in [2.05, 4.69) is 22.9 Å². The van der Waals surface area contributed by atoms with Gasteiger partial charge in [0.1, 0.15) is 15.9 Å². The Balaban J connectivity index is 1.26. The lowest BCUT2D eigenvalue weighted by molar-refractivity contribution is -0.116. The summed E-state index contributed by atoms with van der Waals surface area (Å²) < 4.78 is 5.14. The molecule has 2 unspecified atom stereocenters. The molecule has 53 heavy (non-hydrogen) atoms. The summed E-state index contributed by atoms with van der Waals surface area (Å²) in [5.74, 6) is -1.40. The molecule has 0 aliphatic heterocycles. The zero-order chi connectivity index (χ0) is 37.5. The maximum absolute atomic E-state index is 14.1. The van der Waals surface area contributed by atoms with Gasteiger partial charge in [0.05, 0.1) is 12.7 Å². The number of hydrogen-bond acceptors (Lipinski definition) is 7. The molecule has 1 aromatic heterocycles. The van der Waals surface area contributed by atoms with Gasteiger partial charge in [-0.15, -0.1) is 23.1 Å². The van der Waals surface area contributed by atoms with Gasteiger partial charge in [0, 0.05) is 36.6 Å². The second kappa shape index (κ2) is 17.3. The second-order valence-corrected chi connectivity index (χ2v) is 15.5. The molecular formula is C41H35Cl2N3O5S2. The quantitative estimate of drug-likeness (QED) is 0.0699. The number of anilines is 2. The monoisotopic (exact) mass is 783 g/mol. The minimum absolute atomic E-state index is 0.0807. The van der Waals surface area contributed by atoms with E-state index >= 15 is 0 Å². The van der Waals surface area contributed by atoms with Crippen molar-refractivity contribution >= 4 is 86.8 Å². The molecule has 5 aromatic rings. The summed E-state index contributed by atoms with van der Waals surface area (Å²) in [7, 11) is 1.35. The highest BCUT2D eigenvalue weighted by Crippen LogP contribution is 2.42. The number of esters is 1. The first-order chi connectivity index (χ1) is 25.6. The van der Waals surface area contributed by atoms with Gasteiger partial charge < -0.3 is 20.7 Å². The van der Waals surface area contributed by atoms with Crippen molar-refractivity contribution in [1.82, 2.24) is 5.32 Å². The van der Waals surface area contributed by atoms with Crippen molar-refractivity contribution in [1.29, 1.82) is 0 Å². The highest BCUT2D eigenvalue weighted by molar-refractivity contribution is 8.00. The summed E-state index contributed by atoms with van der Waals surface area (Å²) in [5.41, 5.74) is 3.20. The Bertz CT molecular complexity index is 2170. The van der Waals surface area contributed by atoms with Crippen LogP contribution in [0.2, 0.25) is 10.0 Å². The Morgan fingerprint density at radius 3 is 2.26 bits per heavy atom. The van der Waals surface area contributed by atoms with Crippen molar-refractivity contribution in [3.05, 3.63) is 152 Å². The summed E-state index contributed by atoms with van der Waals surface area (Å²) in [5, 5.41) is 9.01.